The maximum absolute atomic E-state index is 12.8. The van der Waals surface area contributed by atoms with E-state index in [1.54, 1.807) is 12.1 Å². The van der Waals surface area contributed by atoms with Gasteiger partial charge in [-0.05, 0) is 30.8 Å². The van der Waals surface area contributed by atoms with Crippen LogP contribution in [0.5, 0.6) is 0 Å². The molecule has 2 rings (SSSR count). The van der Waals surface area contributed by atoms with Gasteiger partial charge in [-0.1, -0.05) is 12.1 Å². The molecule has 0 saturated heterocycles. The molecule has 1 atom stereocenters. The number of likely N-dealkylation sites (N-methyl/N-ethyl adjacent to an activating group) is 1. The molecule has 1 aliphatic heterocycles. The molecule has 1 aromatic carbocycles. The molecule has 0 fully saturated rings. The van der Waals surface area contributed by atoms with E-state index in [0.717, 1.165) is 24.4 Å². The van der Waals surface area contributed by atoms with E-state index in [1.165, 1.54) is 12.1 Å². The Morgan fingerprint density at radius 2 is 2.07 bits per heavy atom. The van der Waals surface area contributed by atoms with Crippen molar-refractivity contribution in [2.45, 2.75) is 12.5 Å². The molecule has 1 aliphatic rings. The number of hydrogen-bond donors (Lipinski definition) is 1. The van der Waals surface area contributed by atoms with Crippen molar-refractivity contribution >= 4 is 0 Å². The van der Waals surface area contributed by atoms with Gasteiger partial charge in [0.05, 0.1) is 12.6 Å². The molecule has 1 heterocycles. The highest BCUT2D eigenvalue weighted by Gasteiger charge is 2.18. The van der Waals surface area contributed by atoms with Crippen molar-refractivity contribution in [2.75, 3.05) is 13.7 Å². The van der Waals surface area contributed by atoms with Crippen LogP contribution >= 0.6 is 0 Å². The molecule has 2 nitrogen and oxygen atoms in total. The van der Waals surface area contributed by atoms with Gasteiger partial charge in [-0.3, -0.25) is 0 Å². The van der Waals surface area contributed by atoms with Crippen molar-refractivity contribution in [3.63, 3.8) is 0 Å². The maximum atomic E-state index is 12.8. The van der Waals surface area contributed by atoms with Gasteiger partial charge in [0.25, 0.3) is 0 Å². The first kappa shape index (κ1) is 10.2. The third-order valence-corrected chi connectivity index (χ3v) is 2.51. The fourth-order valence-corrected chi connectivity index (χ4v) is 1.77. The molecule has 0 amide bonds. The Morgan fingerprint density at radius 1 is 1.33 bits per heavy atom. The molecule has 0 spiro atoms. The highest BCUT2D eigenvalue weighted by Crippen LogP contribution is 2.26. The van der Waals surface area contributed by atoms with Crippen LogP contribution in [0.1, 0.15) is 18.0 Å². The smallest absolute Gasteiger partial charge is 0.123 e. The van der Waals surface area contributed by atoms with E-state index in [4.69, 9.17) is 4.74 Å². The summed E-state index contributed by atoms with van der Waals surface area (Å²) in [6, 6.07) is 6.52. The Kier molecular flexibility index (Phi) is 3.02. The van der Waals surface area contributed by atoms with Crippen LogP contribution in [-0.2, 0) is 4.74 Å². The predicted octanol–water partition coefficient (Wildman–Crippen LogP) is 2.39. The molecule has 0 bridgehead atoms. The van der Waals surface area contributed by atoms with Gasteiger partial charge >= 0.3 is 0 Å². The van der Waals surface area contributed by atoms with E-state index in [9.17, 15) is 4.39 Å². The second-order valence-electron chi connectivity index (χ2n) is 3.52. The summed E-state index contributed by atoms with van der Waals surface area (Å²) in [7, 11) is 1.87. The molecule has 1 unspecified atom stereocenters. The number of rotatable bonds is 3. The first-order valence-electron chi connectivity index (χ1n) is 5.07. The molecule has 1 aromatic rings. The molecule has 0 aromatic heterocycles. The van der Waals surface area contributed by atoms with Gasteiger partial charge in [-0.15, -0.1) is 0 Å². The molecule has 15 heavy (non-hydrogen) atoms. The summed E-state index contributed by atoms with van der Waals surface area (Å²) in [6.07, 6.45) is 3.03. The summed E-state index contributed by atoms with van der Waals surface area (Å²) in [4.78, 5) is 0. The zero-order valence-corrected chi connectivity index (χ0v) is 8.66. The molecule has 80 valence electrons. The summed E-state index contributed by atoms with van der Waals surface area (Å²) in [5, 5.41) is 3.16. The zero-order chi connectivity index (χ0) is 10.7. The number of hydrogen-bond acceptors (Lipinski definition) is 2. The van der Waals surface area contributed by atoms with Crippen molar-refractivity contribution in [2.24, 2.45) is 0 Å². The topological polar surface area (TPSA) is 21.3 Å². The lowest BCUT2D eigenvalue weighted by Crippen LogP contribution is -2.18. The monoisotopic (exact) mass is 207 g/mol. The van der Waals surface area contributed by atoms with Crippen LogP contribution in [0.25, 0.3) is 0 Å². The Morgan fingerprint density at radius 3 is 2.60 bits per heavy atom. The normalized spacial score (nSPS) is 17.1. The van der Waals surface area contributed by atoms with Crippen LogP contribution in [-0.4, -0.2) is 13.7 Å². The quantitative estimate of drug-likeness (QED) is 0.821. The van der Waals surface area contributed by atoms with Gasteiger partial charge < -0.3 is 10.1 Å². The van der Waals surface area contributed by atoms with Crippen LogP contribution in [0, 0.1) is 5.82 Å². The average molecular weight is 207 g/mol. The minimum Gasteiger partial charge on any atom is -0.496 e. The highest BCUT2D eigenvalue weighted by molar-refractivity contribution is 5.27. The maximum Gasteiger partial charge on any atom is 0.123 e. The minimum atomic E-state index is -0.213. The van der Waals surface area contributed by atoms with Crippen molar-refractivity contribution in [3.8, 4) is 0 Å². The lowest BCUT2D eigenvalue weighted by Gasteiger charge is -2.17. The van der Waals surface area contributed by atoms with E-state index in [0.29, 0.717) is 0 Å². The van der Waals surface area contributed by atoms with Crippen LogP contribution in [0.2, 0.25) is 0 Å². The van der Waals surface area contributed by atoms with Crippen LogP contribution in [0.4, 0.5) is 4.39 Å². The first-order chi connectivity index (χ1) is 7.31. The van der Waals surface area contributed by atoms with E-state index < -0.39 is 0 Å². The summed E-state index contributed by atoms with van der Waals surface area (Å²) in [5.74, 6) is 0.721. The lowest BCUT2D eigenvalue weighted by atomic mass is 10.1. The van der Waals surface area contributed by atoms with Crippen LogP contribution in [0.15, 0.2) is 36.1 Å². The van der Waals surface area contributed by atoms with Gasteiger partial charge in [0.15, 0.2) is 0 Å². The SMILES string of the molecule is CNC(C1=CCCO1)c1ccc(F)cc1. The predicted molar refractivity (Wildman–Crippen MR) is 56.9 cm³/mol. The molecule has 0 radical (unpaired) electrons. The summed E-state index contributed by atoms with van der Waals surface area (Å²) in [5.41, 5.74) is 1.02. The second kappa shape index (κ2) is 4.45. The van der Waals surface area contributed by atoms with Gasteiger partial charge in [-0.25, -0.2) is 4.39 Å². The standard InChI is InChI=1S/C12H14FNO/c1-14-12(11-3-2-8-15-11)9-4-6-10(13)7-5-9/h3-7,12,14H,2,8H2,1H3. The summed E-state index contributed by atoms with van der Waals surface area (Å²) >= 11 is 0. The summed E-state index contributed by atoms with van der Waals surface area (Å²) < 4.78 is 18.3. The summed E-state index contributed by atoms with van der Waals surface area (Å²) in [6.45, 7) is 0.745. The van der Waals surface area contributed by atoms with Gasteiger partial charge in [0.2, 0.25) is 0 Å². The Hall–Kier alpha value is -1.35. The Labute approximate surface area is 88.8 Å². The number of halogens is 1. The van der Waals surface area contributed by atoms with Crippen molar-refractivity contribution < 1.29 is 9.13 Å². The van der Waals surface area contributed by atoms with Crippen LogP contribution in [0.3, 0.4) is 0 Å². The molecule has 0 aliphatic carbocycles. The third-order valence-electron chi connectivity index (χ3n) is 2.51. The van der Waals surface area contributed by atoms with Gasteiger partial charge in [-0.2, -0.15) is 0 Å². The minimum absolute atomic E-state index is 0.0353. The van der Waals surface area contributed by atoms with Crippen molar-refractivity contribution in [1.29, 1.82) is 0 Å². The van der Waals surface area contributed by atoms with E-state index in [2.05, 4.69) is 11.4 Å². The third kappa shape index (κ3) is 2.18. The second-order valence-corrected chi connectivity index (χ2v) is 3.52. The fraction of sp³-hybridized carbons (Fsp3) is 0.333. The first-order valence-corrected chi connectivity index (χ1v) is 5.07. The van der Waals surface area contributed by atoms with Gasteiger partial charge in [0, 0.05) is 6.42 Å². The van der Waals surface area contributed by atoms with Crippen molar-refractivity contribution in [1.82, 2.24) is 5.32 Å². The molecule has 3 heteroatoms. The molecular weight excluding hydrogens is 193 g/mol. The number of ether oxygens (including phenoxy) is 1. The Balaban J connectivity index is 2.22. The highest BCUT2D eigenvalue weighted by atomic mass is 19.1. The zero-order valence-electron chi connectivity index (χ0n) is 8.66. The largest absolute Gasteiger partial charge is 0.496 e. The van der Waals surface area contributed by atoms with E-state index in [-0.39, 0.29) is 11.9 Å². The number of benzene rings is 1. The van der Waals surface area contributed by atoms with Gasteiger partial charge in [0.1, 0.15) is 11.6 Å². The van der Waals surface area contributed by atoms with Crippen molar-refractivity contribution in [3.05, 3.63) is 47.5 Å². The van der Waals surface area contributed by atoms with E-state index >= 15 is 0 Å². The average Bonchev–Trinajstić information content (AvgIpc) is 2.75. The molecular formula is C12H14FNO. The van der Waals surface area contributed by atoms with Crippen LogP contribution < -0.4 is 5.32 Å². The lowest BCUT2D eigenvalue weighted by molar-refractivity contribution is 0.218. The molecule has 0 saturated carbocycles. The van der Waals surface area contributed by atoms with E-state index in [1.807, 2.05) is 7.05 Å². The fourth-order valence-electron chi connectivity index (χ4n) is 1.77. The number of nitrogens with one attached hydrogen (secondary N) is 1. The Bertz CT molecular complexity index is 358. The molecule has 1 N–H and O–H groups in total.